The number of ether oxygens (including phenoxy) is 1. The van der Waals surface area contributed by atoms with Crippen molar-refractivity contribution < 1.29 is 27.8 Å². The first kappa shape index (κ1) is 29.9. The number of alkyl halides is 1. The summed E-state index contributed by atoms with van der Waals surface area (Å²) in [6.45, 7) is 5.19. The fourth-order valence-electron chi connectivity index (χ4n) is 7.51. The number of aryl methyl sites for hydroxylation is 1. The van der Waals surface area contributed by atoms with E-state index in [1.165, 1.54) is 24.3 Å². The summed E-state index contributed by atoms with van der Waals surface area (Å²) in [7, 11) is 1.57. The molecule has 3 fully saturated rings. The number of rotatable bonds is 6. The molecule has 0 bridgehead atoms. The van der Waals surface area contributed by atoms with E-state index in [2.05, 4.69) is 26.1 Å². The molecule has 12 heteroatoms. The highest BCUT2D eigenvalue weighted by atomic mass is 19.1. The fraction of sp³-hybridized carbons (Fsp3) is 0.412. The summed E-state index contributed by atoms with van der Waals surface area (Å²) < 4.78 is 41.5. The third-order valence-corrected chi connectivity index (χ3v) is 9.96. The Bertz CT molecular complexity index is 2030. The summed E-state index contributed by atoms with van der Waals surface area (Å²) in [5.41, 5.74) is -0.410. The summed E-state index contributed by atoms with van der Waals surface area (Å²) in [5.74, 6) is 1.46. The van der Waals surface area contributed by atoms with Gasteiger partial charge in [0.1, 0.15) is 35.5 Å². The van der Waals surface area contributed by atoms with Gasteiger partial charge in [0.2, 0.25) is 5.91 Å². The fourth-order valence-corrected chi connectivity index (χ4v) is 7.51. The van der Waals surface area contributed by atoms with Gasteiger partial charge in [-0.05, 0) is 56.8 Å². The summed E-state index contributed by atoms with van der Waals surface area (Å²) in [5, 5.41) is 14.1. The van der Waals surface area contributed by atoms with Crippen LogP contribution in [-0.2, 0) is 4.79 Å². The van der Waals surface area contributed by atoms with Crippen LogP contribution in [0.5, 0.6) is 11.8 Å². The zero-order chi connectivity index (χ0) is 32.5. The number of terminal acetylenes is 1. The van der Waals surface area contributed by atoms with E-state index in [9.17, 15) is 23.5 Å². The normalized spacial score (nSPS) is 24.2. The molecule has 10 nitrogen and oxygen atoms in total. The number of halogens is 2. The lowest BCUT2D eigenvalue weighted by molar-refractivity contribution is -0.126. The lowest BCUT2D eigenvalue weighted by Crippen LogP contribution is -2.60. The average molecular weight is 630 g/mol. The third kappa shape index (κ3) is 4.55. The average Bonchev–Trinajstić information content (AvgIpc) is 3.56. The number of nitrogens with zero attached hydrogens (tertiary/aromatic N) is 4. The molecule has 4 atom stereocenters. The quantitative estimate of drug-likeness (QED) is 0.304. The molecule has 7 rings (SSSR count). The molecule has 2 N–H and O–H groups in total. The van der Waals surface area contributed by atoms with E-state index < -0.39 is 23.2 Å². The van der Waals surface area contributed by atoms with Gasteiger partial charge in [-0.25, -0.2) is 13.6 Å². The molecule has 0 unspecified atom stereocenters. The SMILES string of the molecule is C#Cc1c(F)ccc2cc(O)cc(-c3oc(=O)c4c(N5C[C@H](C(=O)NC)[C@H]5C)nc(OC[C@@]56CCCN5C[C@H](F)C6)nc4c3C)c12. The number of nitrogens with one attached hydrogen (secondary N) is 1. The Morgan fingerprint density at radius 2 is 2.09 bits per heavy atom. The maximum absolute atomic E-state index is 14.9. The highest BCUT2D eigenvalue weighted by Crippen LogP contribution is 2.42. The molecule has 0 aliphatic carbocycles. The number of aromatic hydroxyl groups is 1. The second-order valence-corrected chi connectivity index (χ2v) is 12.5. The largest absolute Gasteiger partial charge is 0.508 e. The van der Waals surface area contributed by atoms with Crippen molar-refractivity contribution in [2.45, 2.75) is 50.9 Å². The minimum atomic E-state index is -0.940. The van der Waals surface area contributed by atoms with Gasteiger partial charge in [-0.1, -0.05) is 12.0 Å². The predicted octanol–water partition coefficient (Wildman–Crippen LogP) is 4.06. The summed E-state index contributed by atoms with van der Waals surface area (Å²) in [4.78, 5) is 39.6. The molecule has 0 spiro atoms. The Hall–Kier alpha value is -4.76. The Kier molecular flexibility index (Phi) is 7.12. The van der Waals surface area contributed by atoms with E-state index in [0.29, 0.717) is 35.8 Å². The van der Waals surface area contributed by atoms with Crippen LogP contribution >= 0.6 is 0 Å². The van der Waals surface area contributed by atoms with Crippen LogP contribution in [0, 0.1) is 31.0 Å². The summed E-state index contributed by atoms with van der Waals surface area (Å²) >= 11 is 0. The topological polar surface area (TPSA) is 121 Å². The maximum atomic E-state index is 14.9. The van der Waals surface area contributed by atoms with E-state index in [-0.39, 0.29) is 69.8 Å². The number of aromatic nitrogens is 2. The van der Waals surface area contributed by atoms with Crippen molar-refractivity contribution in [3.63, 3.8) is 0 Å². The van der Waals surface area contributed by atoms with Crippen molar-refractivity contribution in [2.24, 2.45) is 5.92 Å². The van der Waals surface area contributed by atoms with Crippen LogP contribution in [0.1, 0.15) is 37.3 Å². The van der Waals surface area contributed by atoms with Gasteiger partial charge in [-0.2, -0.15) is 9.97 Å². The lowest BCUT2D eigenvalue weighted by Gasteiger charge is -2.46. The van der Waals surface area contributed by atoms with Gasteiger partial charge in [0.15, 0.2) is 5.82 Å². The number of fused-ring (bicyclic) bond motifs is 3. The summed E-state index contributed by atoms with van der Waals surface area (Å²) in [6, 6.07) is 5.22. The third-order valence-electron chi connectivity index (χ3n) is 9.96. The molecular formula is C34H33F2N5O5. The molecule has 0 saturated carbocycles. The molecule has 2 aromatic carbocycles. The molecular weight excluding hydrogens is 596 g/mol. The number of hydrogen-bond donors (Lipinski definition) is 2. The Morgan fingerprint density at radius 3 is 2.83 bits per heavy atom. The van der Waals surface area contributed by atoms with Gasteiger partial charge in [0.25, 0.3) is 0 Å². The van der Waals surface area contributed by atoms with Crippen LogP contribution in [0.3, 0.4) is 0 Å². The van der Waals surface area contributed by atoms with Crippen molar-refractivity contribution in [1.82, 2.24) is 20.2 Å². The van der Waals surface area contributed by atoms with Crippen molar-refractivity contribution >= 4 is 33.4 Å². The molecule has 0 radical (unpaired) electrons. The number of hydrogen-bond acceptors (Lipinski definition) is 9. The monoisotopic (exact) mass is 629 g/mol. The van der Waals surface area contributed by atoms with E-state index in [4.69, 9.17) is 15.6 Å². The van der Waals surface area contributed by atoms with Crippen LogP contribution in [-0.4, -0.2) is 76.9 Å². The lowest BCUT2D eigenvalue weighted by atomic mass is 9.88. The highest BCUT2D eigenvalue weighted by Gasteiger charge is 2.49. The first-order valence-corrected chi connectivity index (χ1v) is 15.3. The number of phenolic OH excluding ortho intramolecular Hbond substituents is 1. The smallest absolute Gasteiger partial charge is 0.349 e. The molecule has 3 aliphatic rings. The second-order valence-electron chi connectivity index (χ2n) is 12.5. The molecule has 5 heterocycles. The number of benzene rings is 2. The zero-order valence-electron chi connectivity index (χ0n) is 25.7. The van der Waals surface area contributed by atoms with Crippen LogP contribution in [0.4, 0.5) is 14.6 Å². The number of amides is 1. The van der Waals surface area contributed by atoms with Crippen LogP contribution < -0.4 is 20.6 Å². The predicted molar refractivity (Wildman–Crippen MR) is 168 cm³/mol. The van der Waals surface area contributed by atoms with Crippen molar-refractivity contribution in [1.29, 1.82) is 0 Å². The van der Waals surface area contributed by atoms with E-state index in [1.807, 2.05) is 11.8 Å². The molecule has 238 valence electrons. The Balaban J connectivity index is 1.41. The molecule has 3 saturated heterocycles. The van der Waals surface area contributed by atoms with Crippen LogP contribution in [0.2, 0.25) is 0 Å². The number of phenols is 1. The molecule has 4 aromatic rings. The number of carbonyl (C=O) groups excluding carboxylic acids is 1. The van der Waals surface area contributed by atoms with Crippen molar-refractivity contribution in [3.05, 3.63) is 51.6 Å². The first-order valence-electron chi connectivity index (χ1n) is 15.3. The van der Waals surface area contributed by atoms with E-state index in [1.54, 1.807) is 14.0 Å². The minimum Gasteiger partial charge on any atom is -0.508 e. The molecule has 46 heavy (non-hydrogen) atoms. The van der Waals surface area contributed by atoms with Gasteiger partial charge in [-0.3, -0.25) is 9.69 Å². The Morgan fingerprint density at radius 1 is 1.28 bits per heavy atom. The maximum Gasteiger partial charge on any atom is 0.349 e. The van der Waals surface area contributed by atoms with E-state index in [0.717, 1.165) is 19.4 Å². The zero-order valence-corrected chi connectivity index (χ0v) is 25.7. The van der Waals surface area contributed by atoms with Gasteiger partial charge in [0.05, 0.1) is 22.5 Å². The van der Waals surface area contributed by atoms with E-state index >= 15 is 0 Å². The summed E-state index contributed by atoms with van der Waals surface area (Å²) in [6.07, 6.45) is 6.84. The Labute approximate surface area is 263 Å². The first-order chi connectivity index (χ1) is 22.0. The van der Waals surface area contributed by atoms with Gasteiger partial charge in [0, 0.05) is 49.1 Å². The van der Waals surface area contributed by atoms with Crippen molar-refractivity contribution in [3.8, 4) is 35.4 Å². The van der Waals surface area contributed by atoms with Gasteiger partial charge < -0.3 is 24.5 Å². The highest BCUT2D eigenvalue weighted by molar-refractivity contribution is 6.03. The minimum absolute atomic E-state index is 0.00241. The van der Waals surface area contributed by atoms with Crippen LogP contribution in [0.15, 0.2) is 33.5 Å². The number of anilines is 1. The van der Waals surface area contributed by atoms with Gasteiger partial charge in [-0.15, -0.1) is 6.42 Å². The van der Waals surface area contributed by atoms with Gasteiger partial charge >= 0.3 is 11.6 Å². The van der Waals surface area contributed by atoms with Crippen LogP contribution in [0.25, 0.3) is 33.0 Å². The molecule has 1 amide bonds. The van der Waals surface area contributed by atoms with Crippen molar-refractivity contribution in [2.75, 3.05) is 38.2 Å². The number of carbonyl (C=O) groups is 1. The molecule has 2 aromatic heterocycles. The molecule has 3 aliphatic heterocycles. The standard InChI is InChI=1S/C34H33F2N5O5/c1-5-22-25(36)8-7-19-11-21(42)12-23(26(19)22)29-17(2)28-27(32(44)46-29)30(41-15-24(18(41)3)31(43)37-4)39-33(38-28)45-16-34-9-6-10-40(34)14-20(35)13-34/h1,7-8,11-12,18,20,24,42H,6,9-10,13-16H2,2-4H3,(H,37,43)/t18-,20-,24+,34+/m1/s1. The second kappa shape index (κ2) is 10.9.